The first-order chi connectivity index (χ1) is 8.56. The summed E-state index contributed by atoms with van der Waals surface area (Å²) in [6, 6.07) is 0.381. The Kier molecular flexibility index (Phi) is 6.56. The average molecular weight is 258 g/mol. The van der Waals surface area contributed by atoms with Crippen LogP contribution in [0, 0.1) is 0 Å². The molecular weight excluding hydrogens is 232 g/mol. The van der Waals surface area contributed by atoms with Crippen molar-refractivity contribution >= 4 is 5.91 Å². The maximum atomic E-state index is 11.7. The van der Waals surface area contributed by atoms with E-state index in [1.807, 2.05) is 0 Å². The van der Waals surface area contributed by atoms with E-state index >= 15 is 0 Å². The van der Waals surface area contributed by atoms with E-state index in [0.29, 0.717) is 25.6 Å². The van der Waals surface area contributed by atoms with Gasteiger partial charge in [0.15, 0.2) is 0 Å². The molecule has 0 spiro atoms. The van der Waals surface area contributed by atoms with Crippen molar-refractivity contribution in [3.63, 3.8) is 0 Å². The van der Waals surface area contributed by atoms with Crippen molar-refractivity contribution in [3.8, 4) is 0 Å². The molecule has 0 aromatic carbocycles. The molecule has 0 radical (unpaired) electrons. The number of methoxy groups -OCH3 is 1. The molecule has 0 aromatic rings. The Bertz CT molecular complexity index is 258. The van der Waals surface area contributed by atoms with Crippen molar-refractivity contribution in [1.82, 2.24) is 15.1 Å². The number of rotatable bonds is 6. The summed E-state index contributed by atoms with van der Waals surface area (Å²) in [6.07, 6.45) is 0.149. The van der Waals surface area contributed by atoms with Crippen LogP contribution in [-0.4, -0.2) is 81.8 Å². The summed E-state index contributed by atoms with van der Waals surface area (Å²) in [6.45, 7) is 4.17. The molecule has 2 atom stereocenters. The molecule has 1 saturated heterocycles. The zero-order valence-electron chi connectivity index (χ0n) is 11.7. The minimum Gasteiger partial charge on any atom is -0.380 e. The minimum absolute atomic E-state index is 0.00827. The predicted molar refractivity (Wildman–Crippen MR) is 71.4 cm³/mol. The van der Waals surface area contributed by atoms with Crippen LogP contribution in [-0.2, 0) is 9.53 Å². The number of hydrogen-bond donors (Lipinski definition) is 2. The highest BCUT2D eigenvalue weighted by Crippen LogP contribution is 2.05. The number of nitrogens with two attached hydrogens (primary N) is 1. The van der Waals surface area contributed by atoms with Gasteiger partial charge in [-0.2, -0.15) is 0 Å². The van der Waals surface area contributed by atoms with Gasteiger partial charge in [0.1, 0.15) is 0 Å². The van der Waals surface area contributed by atoms with Crippen LogP contribution in [0.4, 0.5) is 0 Å². The lowest BCUT2D eigenvalue weighted by Gasteiger charge is -2.37. The van der Waals surface area contributed by atoms with E-state index in [-0.39, 0.29) is 12.0 Å². The van der Waals surface area contributed by atoms with Gasteiger partial charge in [0.25, 0.3) is 0 Å². The first-order valence-electron chi connectivity index (χ1n) is 6.45. The Balaban J connectivity index is 2.28. The van der Waals surface area contributed by atoms with Gasteiger partial charge in [-0.15, -0.1) is 0 Å². The third-order valence-corrected chi connectivity index (χ3v) is 3.52. The largest absolute Gasteiger partial charge is 0.380 e. The van der Waals surface area contributed by atoms with Gasteiger partial charge in [-0.3, -0.25) is 9.69 Å². The number of nitrogens with zero attached hydrogens (tertiary/aromatic N) is 2. The van der Waals surface area contributed by atoms with Gasteiger partial charge in [0, 0.05) is 45.9 Å². The second kappa shape index (κ2) is 7.68. The molecule has 1 aliphatic rings. The number of amides is 1. The van der Waals surface area contributed by atoms with Gasteiger partial charge in [-0.05, 0) is 14.1 Å². The smallest absolute Gasteiger partial charge is 0.222 e. The molecule has 1 heterocycles. The molecule has 3 N–H and O–H groups in total. The Morgan fingerprint density at radius 2 is 2.22 bits per heavy atom. The second-order valence-electron chi connectivity index (χ2n) is 5.00. The first-order valence-corrected chi connectivity index (χ1v) is 6.45. The molecule has 0 saturated carbocycles. The molecule has 6 heteroatoms. The highest BCUT2D eigenvalue weighted by Gasteiger charge is 2.22. The summed E-state index contributed by atoms with van der Waals surface area (Å²) < 4.78 is 5.10. The number of hydrogen-bond acceptors (Lipinski definition) is 5. The van der Waals surface area contributed by atoms with Crippen LogP contribution in [0.15, 0.2) is 0 Å². The maximum absolute atomic E-state index is 11.7. The molecular formula is C12H26N4O2. The van der Waals surface area contributed by atoms with Gasteiger partial charge in [-0.1, -0.05) is 0 Å². The number of carbonyl (C=O) groups excluding carboxylic acids is 1. The normalized spacial score (nSPS) is 23.9. The molecule has 2 unspecified atom stereocenters. The van der Waals surface area contributed by atoms with Crippen LogP contribution in [0.25, 0.3) is 0 Å². The SMILES string of the molecule is COC(CN)CC(=O)NCC1CN(C)CCN1C. The van der Waals surface area contributed by atoms with Crippen molar-refractivity contribution in [1.29, 1.82) is 0 Å². The standard InChI is InChI=1S/C12H26N4O2/c1-15-4-5-16(2)10(9-15)8-14-12(17)6-11(7-13)18-3/h10-11H,4-9,13H2,1-3H3,(H,14,17). The van der Waals surface area contributed by atoms with Gasteiger partial charge in [0.05, 0.1) is 12.5 Å². The maximum Gasteiger partial charge on any atom is 0.222 e. The van der Waals surface area contributed by atoms with Crippen LogP contribution in [0.2, 0.25) is 0 Å². The van der Waals surface area contributed by atoms with Crippen LogP contribution < -0.4 is 11.1 Å². The van der Waals surface area contributed by atoms with Crippen LogP contribution >= 0.6 is 0 Å². The number of ether oxygens (including phenoxy) is 1. The molecule has 6 nitrogen and oxygen atoms in total. The fourth-order valence-corrected chi connectivity index (χ4v) is 2.10. The molecule has 1 amide bonds. The summed E-state index contributed by atoms with van der Waals surface area (Å²) >= 11 is 0. The summed E-state index contributed by atoms with van der Waals surface area (Å²) in [5, 5.41) is 2.96. The van der Waals surface area contributed by atoms with E-state index in [2.05, 4.69) is 29.2 Å². The molecule has 106 valence electrons. The number of piperazine rings is 1. The van der Waals surface area contributed by atoms with Crippen molar-refractivity contribution in [2.45, 2.75) is 18.6 Å². The fraction of sp³-hybridized carbons (Fsp3) is 0.917. The molecule has 18 heavy (non-hydrogen) atoms. The van der Waals surface area contributed by atoms with E-state index in [4.69, 9.17) is 10.5 Å². The van der Waals surface area contributed by atoms with Gasteiger partial charge in [-0.25, -0.2) is 0 Å². The second-order valence-corrected chi connectivity index (χ2v) is 5.00. The average Bonchev–Trinajstić information content (AvgIpc) is 2.37. The van der Waals surface area contributed by atoms with Crippen LogP contribution in [0.5, 0.6) is 0 Å². The molecule has 0 aromatic heterocycles. The lowest BCUT2D eigenvalue weighted by Crippen LogP contribution is -2.54. The Labute approximate surface area is 109 Å². The highest BCUT2D eigenvalue weighted by atomic mass is 16.5. The molecule has 1 fully saturated rings. The highest BCUT2D eigenvalue weighted by molar-refractivity contribution is 5.76. The summed E-state index contributed by atoms with van der Waals surface area (Å²) in [7, 11) is 5.79. The Morgan fingerprint density at radius 3 is 2.83 bits per heavy atom. The monoisotopic (exact) mass is 258 g/mol. The van der Waals surface area contributed by atoms with Crippen molar-refractivity contribution < 1.29 is 9.53 Å². The van der Waals surface area contributed by atoms with Gasteiger partial charge >= 0.3 is 0 Å². The van der Waals surface area contributed by atoms with E-state index in [1.165, 1.54) is 0 Å². The molecule has 0 bridgehead atoms. The van der Waals surface area contributed by atoms with E-state index in [1.54, 1.807) is 7.11 Å². The molecule has 1 aliphatic heterocycles. The van der Waals surface area contributed by atoms with Crippen LogP contribution in [0.1, 0.15) is 6.42 Å². The Morgan fingerprint density at radius 1 is 1.50 bits per heavy atom. The third-order valence-electron chi connectivity index (χ3n) is 3.52. The van der Waals surface area contributed by atoms with Crippen molar-refractivity contribution in [3.05, 3.63) is 0 Å². The van der Waals surface area contributed by atoms with Gasteiger partial charge < -0.3 is 20.7 Å². The Hall–Kier alpha value is -0.690. The topological polar surface area (TPSA) is 70.8 Å². The zero-order valence-corrected chi connectivity index (χ0v) is 11.7. The summed E-state index contributed by atoms with van der Waals surface area (Å²) in [5.74, 6) is 0.00827. The quantitative estimate of drug-likeness (QED) is 0.620. The lowest BCUT2D eigenvalue weighted by molar-refractivity contribution is -0.123. The minimum atomic E-state index is -0.184. The summed E-state index contributed by atoms with van der Waals surface area (Å²) in [5.41, 5.74) is 5.49. The third kappa shape index (κ3) is 4.89. The fourth-order valence-electron chi connectivity index (χ4n) is 2.10. The zero-order chi connectivity index (χ0) is 13.5. The molecule has 1 rings (SSSR count). The van der Waals surface area contributed by atoms with E-state index in [0.717, 1.165) is 19.6 Å². The van der Waals surface area contributed by atoms with Gasteiger partial charge in [0.2, 0.25) is 5.91 Å². The predicted octanol–water partition coefficient (Wildman–Crippen LogP) is -1.29. The first kappa shape index (κ1) is 15.4. The lowest BCUT2D eigenvalue weighted by atomic mass is 10.1. The molecule has 0 aliphatic carbocycles. The number of carbonyl (C=O) groups is 1. The van der Waals surface area contributed by atoms with E-state index in [9.17, 15) is 4.79 Å². The van der Waals surface area contributed by atoms with Crippen molar-refractivity contribution in [2.24, 2.45) is 5.73 Å². The van der Waals surface area contributed by atoms with Crippen LogP contribution in [0.3, 0.4) is 0 Å². The number of nitrogens with one attached hydrogen (secondary N) is 1. The summed E-state index contributed by atoms with van der Waals surface area (Å²) in [4.78, 5) is 16.3. The number of likely N-dealkylation sites (N-methyl/N-ethyl adjacent to an activating group) is 2. The van der Waals surface area contributed by atoms with E-state index < -0.39 is 0 Å². The van der Waals surface area contributed by atoms with Crippen molar-refractivity contribution in [2.75, 3.05) is 53.9 Å².